The van der Waals surface area contributed by atoms with Crippen molar-refractivity contribution in [2.24, 2.45) is 0 Å². The summed E-state index contributed by atoms with van der Waals surface area (Å²) in [7, 11) is 0. The SMILES string of the molecule is CCC1(c2ccc3c(c2)OCCO3)NC(=O)N(CCCCOc2cccc(-c3c(Cc4ccccc4)cnc4c(C)cccc34)c2)C1=O. The van der Waals surface area contributed by atoms with Crippen LogP contribution in [0.4, 0.5) is 4.79 Å². The molecule has 48 heavy (non-hydrogen) atoms. The maximum absolute atomic E-state index is 13.7. The Labute approximate surface area is 280 Å². The summed E-state index contributed by atoms with van der Waals surface area (Å²) in [6, 6.07) is 30.0. The maximum atomic E-state index is 13.7. The molecule has 0 bridgehead atoms. The molecule has 0 aliphatic carbocycles. The number of amides is 3. The third-order valence-electron chi connectivity index (χ3n) is 9.32. The summed E-state index contributed by atoms with van der Waals surface area (Å²) in [6.07, 6.45) is 4.50. The van der Waals surface area contributed by atoms with Gasteiger partial charge in [-0.3, -0.25) is 14.7 Å². The zero-order chi connectivity index (χ0) is 33.1. The highest BCUT2D eigenvalue weighted by Crippen LogP contribution is 2.39. The van der Waals surface area contributed by atoms with E-state index in [1.165, 1.54) is 10.5 Å². The number of nitrogens with one attached hydrogen (secondary N) is 1. The van der Waals surface area contributed by atoms with Gasteiger partial charge in [-0.2, -0.15) is 0 Å². The molecule has 3 amide bonds. The Bertz CT molecular complexity index is 1980. The van der Waals surface area contributed by atoms with Gasteiger partial charge in [0.15, 0.2) is 11.5 Å². The fourth-order valence-corrected chi connectivity index (χ4v) is 6.78. The lowest BCUT2D eigenvalue weighted by atomic mass is 9.87. The molecule has 1 fully saturated rings. The second kappa shape index (κ2) is 13.4. The van der Waals surface area contributed by atoms with Gasteiger partial charge in [0.1, 0.15) is 24.5 Å². The molecule has 8 nitrogen and oxygen atoms in total. The van der Waals surface area contributed by atoms with Gasteiger partial charge >= 0.3 is 6.03 Å². The normalized spacial score (nSPS) is 17.1. The number of hydrogen-bond acceptors (Lipinski definition) is 6. The number of aromatic nitrogens is 1. The quantitative estimate of drug-likeness (QED) is 0.118. The Hall–Kier alpha value is -5.37. The number of nitrogens with zero attached hydrogens (tertiary/aromatic N) is 2. The van der Waals surface area contributed by atoms with Gasteiger partial charge in [-0.15, -0.1) is 0 Å². The van der Waals surface area contributed by atoms with E-state index in [-0.39, 0.29) is 11.9 Å². The van der Waals surface area contributed by atoms with Gasteiger partial charge in [0, 0.05) is 18.1 Å². The van der Waals surface area contributed by atoms with E-state index < -0.39 is 5.54 Å². The highest BCUT2D eigenvalue weighted by Gasteiger charge is 2.51. The number of urea groups is 1. The molecule has 2 aliphatic rings. The molecule has 1 N–H and O–H groups in total. The molecule has 1 atom stereocenters. The number of para-hydroxylation sites is 1. The van der Waals surface area contributed by atoms with Gasteiger partial charge in [0.25, 0.3) is 5.91 Å². The van der Waals surface area contributed by atoms with Crippen molar-refractivity contribution >= 4 is 22.8 Å². The number of aryl methyl sites for hydroxylation is 1. The minimum atomic E-state index is -1.13. The third kappa shape index (κ3) is 5.94. The van der Waals surface area contributed by atoms with Gasteiger partial charge < -0.3 is 19.5 Å². The lowest BCUT2D eigenvalue weighted by molar-refractivity contribution is -0.131. The van der Waals surface area contributed by atoms with Crippen LogP contribution in [-0.2, 0) is 16.8 Å². The number of hydrogen-bond donors (Lipinski definition) is 1. The van der Waals surface area contributed by atoms with Gasteiger partial charge in [-0.1, -0.05) is 73.7 Å². The van der Waals surface area contributed by atoms with Gasteiger partial charge in [0.2, 0.25) is 0 Å². The smallest absolute Gasteiger partial charge is 0.325 e. The van der Waals surface area contributed by atoms with Crippen LogP contribution in [0, 0.1) is 6.92 Å². The summed E-state index contributed by atoms with van der Waals surface area (Å²) in [6.45, 7) is 5.70. The van der Waals surface area contributed by atoms with Crippen LogP contribution in [0.3, 0.4) is 0 Å². The standard InChI is InChI=1S/C40H39N3O5/c1-3-40(31-17-18-34-35(25-31)48-22-21-47-34)38(44)43(39(45)42-40)19-7-8-20-46-32-15-10-14-29(24-32)36-30(23-28-12-5-4-6-13-28)26-41-37-27(2)11-9-16-33(36)37/h4-6,9-18,24-26H,3,7-8,19-23H2,1-2H3,(H,42,45). The van der Waals surface area contributed by atoms with Gasteiger partial charge in [0.05, 0.1) is 12.1 Å². The minimum absolute atomic E-state index is 0.244. The van der Waals surface area contributed by atoms with Crippen LogP contribution in [0.5, 0.6) is 17.2 Å². The number of carbonyl (C=O) groups excluding carboxylic acids is 2. The van der Waals surface area contributed by atoms with Crippen LogP contribution in [0.25, 0.3) is 22.0 Å². The van der Waals surface area contributed by atoms with Crippen molar-refractivity contribution in [3.63, 3.8) is 0 Å². The number of fused-ring (bicyclic) bond motifs is 2. The molecule has 8 heteroatoms. The van der Waals surface area contributed by atoms with Crippen molar-refractivity contribution in [2.45, 2.75) is 45.1 Å². The average molecular weight is 642 g/mol. The van der Waals surface area contributed by atoms with E-state index in [0.717, 1.165) is 45.3 Å². The summed E-state index contributed by atoms with van der Waals surface area (Å²) < 4.78 is 17.6. The second-order valence-corrected chi connectivity index (χ2v) is 12.4. The van der Waals surface area contributed by atoms with E-state index in [0.29, 0.717) is 62.7 Å². The molecule has 5 aromatic rings. The summed E-state index contributed by atoms with van der Waals surface area (Å²) in [5.74, 6) is 1.76. The van der Waals surface area contributed by atoms with E-state index in [9.17, 15) is 9.59 Å². The number of unbranched alkanes of at least 4 members (excludes halogenated alkanes) is 1. The van der Waals surface area contributed by atoms with Crippen LogP contribution in [-0.4, -0.2) is 48.2 Å². The number of ether oxygens (including phenoxy) is 3. The number of benzene rings is 4. The van der Waals surface area contributed by atoms with Crippen LogP contribution < -0.4 is 19.5 Å². The first-order valence-corrected chi connectivity index (χ1v) is 16.7. The van der Waals surface area contributed by atoms with E-state index in [1.807, 2.05) is 43.5 Å². The van der Waals surface area contributed by atoms with Crippen LogP contribution in [0.1, 0.15) is 48.4 Å². The fraction of sp³-hybridized carbons (Fsp3) is 0.275. The highest BCUT2D eigenvalue weighted by atomic mass is 16.6. The summed E-state index contributed by atoms with van der Waals surface area (Å²) in [4.78, 5) is 32.9. The largest absolute Gasteiger partial charge is 0.494 e. The Morgan fingerprint density at radius 2 is 1.71 bits per heavy atom. The molecular formula is C40H39N3O5. The molecule has 1 saturated heterocycles. The minimum Gasteiger partial charge on any atom is -0.494 e. The molecule has 244 valence electrons. The highest BCUT2D eigenvalue weighted by molar-refractivity contribution is 6.07. The van der Waals surface area contributed by atoms with Crippen molar-refractivity contribution in [1.82, 2.24) is 15.2 Å². The molecule has 3 heterocycles. The van der Waals surface area contributed by atoms with E-state index >= 15 is 0 Å². The second-order valence-electron chi connectivity index (χ2n) is 12.4. The molecule has 0 spiro atoms. The maximum Gasteiger partial charge on any atom is 0.325 e. The first-order valence-electron chi connectivity index (χ1n) is 16.7. The van der Waals surface area contributed by atoms with Crippen molar-refractivity contribution in [2.75, 3.05) is 26.4 Å². The van der Waals surface area contributed by atoms with Gasteiger partial charge in [-0.25, -0.2) is 4.79 Å². The van der Waals surface area contributed by atoms with Crippen molar-refractivity contribution in [3.8, 4) is 28.4 Å². The molecule has 1 unspecified atom stereocenters. The topological polar surface area (TPSA) is 90.0 Å². The molecular weight excluding hydrogens is 602 g/mol. The Morgan fingerprint density at radius 3 is 2.54 bits per heavy atom. The average Bonchev–Trinajstić information content (AvgIpc) is 3.37. The molecule has 1 aromatic heterocycles. The molecule has 0 saturated carbocycles. The van der Waals surface area contributed by atoms with E-state index in [2.05, 4.69) is 66.8 Å². The van der Waals surface area contributed by atoms with Crippen LogP contribution >= 0.6 is 0 Å². The number of carbonyl (C=O) groups is 2. The zero-order valence-electron chi connectivity index (χ0n) is 27.3. The van der Waals surface area contributed by atoms with E-state index in [1.54, 1.807) is 6.07 Å². The van der Waals surface area contributed by atoms with Crippen molar-refractivity contribution in [3.05, 3.63) is 119 Å². The zero-order valence-corrected chi connectivity index (χ0v) is 27.3. The Kier molecular flexibility index (Phi) is 8.72. The van der Waals surface area contributed by atoms with Gasteiger partial charge in [-0.05, 0) is 90.3 Å². The number of pyridine rings is 1. The molecule has 0 radical (unpaired) electrons. The Morgan fingerprint density at radius 1 is 0.896 bits per heavy atom. The third-order valence-corrected chi connectivity index (χ3v) is 9.32. The molecule has 7 rings (SSSR count). The van der Waals surface area contributed by atoms with E-state index in [4.69, 9.17) is 19.2 Å². The first kappa shape index (κ1) is 31.2. The molecule has 2 aliphatic heterocycles. The predicted molar refractivity (Wildman–Crippen MR) is 186 cm³/mol. The lowest BCUT2D eigenvalue weighted by Crippen LogP contribution is -2.43. The fourth-order valence-electron chi connectivity index (χ4n) is 6.78. The summed E-state index contributed by atoms with van der Waals surface area (Å²) in [5.41, 5.74) is 6.33. The first-order chi connectivity index (χ1) is 23.5. The van der Waals surface area contributed by atoms with Crippen LogP contribution in [0.2, 0.25) is 0 Å². The van der Waals surface area contributed by atoms with Crippen molar-refractivity contribution in [1.29, 1.82) is 0 Å². The number of rotatable bonds is 11. The van der Waals surface area contributed by atoms with Crippen LogP contribution in [0.15, 0.2) is 97.2 Å². The summed E-state index contributed by atoms with van der Waals surface area (Å²) in [5, 5.41) is 4.09. The predicted octanol–water partition coefficient (Wildman–Crippen LogP) is 7.59. The number of imide groups is 1. The Balaban J connectivity index is 1.02. The monoisotopic (exact) mass is 641 g/mol. The van der Waals surface area contributed by atoms with Crippen molar-refractivity contribution < 1.29 is 23.8 Å². The lowest BCUT2D eigenvalue weighted by Gasteiger charge is -2.27. The molecule has 4 aromatic carbocycles. The summed E-state index contributed by atoms with van der Waals surface area (Å²) >= 11 is 0.